The van der Waals surface area contributed by atoms with Crippen molar-refractivity contribution in [1.29, 1.82) is 0 Å². The molecule has 0 aliphatic carbocycles. The number of rotatable bonds is 0. The zero-order valence-electron chi connectivity index (χ0n) is 6.22. The molecule has 0 bridgehead atoms. The van der Waals surface area contributed by atoms with E-state index in [4.69, 9.17) is 4.42 Å². The standard InChI is InChI=1S/C7H5BrN2O2/c1-3-6-5(4(8)2-12-6)7(11)10-9-3/h2H,1H3,(H,10,11). The van der Waals surface area contributed by atoms with Gasteiger partial charge in [0.25, 0.3) is 5.56 Å². The number of H-pyrrole nitrogens is 1. The predicted molar refractivity (Wildman–Crippen MR) is 47.1 cm³/mol. The molecule has 0 spiro atoms. The minimum atomic E-state index is -0.240. The molecular formula is C7H5BrN2O2. The highest BCUT2D eigenvalue weighted by molar-refractivity contribution is 9.10. The highest BCUT2D eigenvalue weighted by atomic mass is 79.9. The van der Waals surface area contributed by atoms with E-state index in [-0.39, 0.29) is 5.56 Å². The molecule has 0 radical (unpaired) electrons. The summed E-state index contributed by atoms with van der Waals surface area (Å²) in [5.74, 6) is 0. The second-order valence-electron chi connectivity index (χ2n) is 2.43. The van der Waals surface area contributed by atoms with Crippen molar-refractivity contribution in [2.45, 2.75) is 6.92 Å². The number of furan rings is 1. The van der Waals surface area contributed by atoms with Crippen molar-refractivity contribution < 1.29 is 4.42 Å². The summed E-state index contributed by atoms with van der Waals surface area (Å²) in [5, 5.41) is 6.66. The van der Waals surface area contributed by atoms with Gasteiger partial charge in [0, 0.05) is 0 Å². The Balaban J connectivity index is 3.09. The minimum absolute atomic E-state index is 0.240. The maximum atomic E-state index is 11.2. The SMILES string of the molecule is Cc1n[nH]c(=O)c2c(Br)coc12. The maximum Gasteiger partial charge on any atom is 0.276 e. The van der Waals surface area contributed by atoms with Gasteiger partial charge in [-0.3, -0.25) is 4.79 Å². The van der Waals surface area contributed by atoms with Crippen LogP contribution in [-0.2, 0) is 0 Å². The summed E-state index contributed by atoms with van der Waals surface area (Å²) in [6.07, 6.45) is 1.48. The first-order valence-electron chi connectivity index (χ1n) is 3.32. The molecule has 0 saturated carbocycles. The summed E-state index contributed by atoms with van der Waals surface area (Å²) in [7, 11) is 0. The lowest BCUT2D eigenvalue weighted by Crippen LogP contribution is -2.08. The summed E-state index contributed by atoms with van der Waals surface area (Å²) in [6.45, 7) is 1.77. The molecule has 0 amide bonds. The van der Waals surface area contributed by atoms with Gasteiger partial charge in [0.15, 0.2) is 5.58 Å². The van der Waals surface area contributed by atoms with Crippen molar-refractivity contribution in [2.75, 3.05) is 0 Å². The van der Waals surface area contributed by atoms with Crippen LogP contribution < -0.4 is 5.56 Å². The average molecular weight is 229 g/mol. The van der Waals surface area contributed by atoms with Gasteiger partial charge in [0.1, 0.15) is 17.3 Å². The van der Waals surface area contributed by atoms with Gasteiger partial charge in [-0.25, -0.2) is 5.10 Å². The van der Waals surface area contributed by atoms with Crippen LogP contribution in [0, 0.1) is 6.92 Å². The first-order valence-corrected chi connectivity index (χ1v) is 4.11. The molecule has 1 N–H and O–H groups in total. The zero-order valence-corrected chi connectivity index (χ0v) is 7.81. The number of aromatic amines is 1. The fourth-order valence-electron chi connectivity index (χ4n) is 1.06. The van der Waals surface area contributed by atoms with E-state index >= 15 is 0 Å². The maximum absolute atomic E-state index is 11.2. The molecule has 2 aromatic rings. The third kappa shape index (κ3) is 0.896. The topological polar surface area (TPSA) is 58.9 Å². The van der Waals surface area contributed by atoms with E-state index in [0.717, 1.165) is 0 Å². The van der Waals surface area contributed by atoms with Crippen LogP contribution in [0.25, 0.3) is 11.0 Å². The molecule has 0 unspecified atom stereocenters. The molecule has 62 valence electrons. The summed E-state index contributed by atoms with van der Waals surface area (Å²) >= 11 is 3.21. The van der Waals surface area contributed by atoms with Crippen molar-refractivity contribution >= 4 is 26.9 Å². The van der Waals surface area contributed by atoms with Gasteiger partial charge in [-0.05, 0) is 22.9 Å². The molecule has 12 heavy (non-hydrogen) atoms. The van der Waals surface area contributed by atoms with Crippen molar-refractivity contribution in [3.8, 4) is 0 Å². The van der Waals surface area contributed by atoms with Crippen LogP contribution in [0.4, 0.5) is 0 Å². The molecular weight excluding hydrogens is 224 g/mol. The number of fused-ring (bicyclic) bond motifs is 1. The molecule has 4 nitrogen and oxygen atoms in total. The Labute approximate surface area is 75.7 Å². The fourth-order valence-corrected chi connectivity index (χ4v) is 1.51. The summed E-state index contributed by atoms with van der Waals surface area (Å²) < 4.78 is 5.79. The lowest BCUT2D eigenvalue weighted by molar-refractivity contribution is 0.607. The van der Waals surface area contributed by atoms with Crippen LogP contribution in [0.1, 0.15) is 5.69 Å². The number of nitrogens with zero attached hydrogens (tertiary/aromatic N) is 1. The molecule has 2 heterocycles. The largest absolute Gasteiger partial charge is 0.461 e. The van der Waals surface area contributed by atoms with Gasteiger partial charge >= 0.3 is 0 Å². The van der Waals surface area contributed by atoms with Gasteiger partial charge in [-0.2, -0.15) is 5.10 Å². The Morgan fingerprint density at radius 3 is 3.08 bits per heavy atom. The van der Waals surface area contributed by atoms with E-state index in [1.165, 1.54) is 6.26 Å². The van der Waals surface area contributed by atoms with Gasteiger partial charge in [-0.15, -0.1) is 0 Å². The van der Waals surface area contributed by atoms with Gasteiger partial charge < -0.3 is 4.42 Å². The quantitative estimate of drug-likeness (QED) is 0.746. The zero-order chi connectivity index (χ0) is 8.72. The van der Waals surface area contributed by atoms with E-state index in [0.29, 0.717) is 21.1 Å². The molecule has 0 saturated heterocycles. The molecule has 0 aliphatic rings. The third-order valence-corrected chi connectivity index (χ3v) is 2.21. The summed E-state index contributed by atoms with van der Waals surface area (Å²) in [4.78, 5) is 11.2. The predicted octanol–water partition coefficient (Wildman–Crippen LogP) is 1.59. The molecule has 2 rings (SSSR count). The first-order chi connectivity index (χ1) is 5.70. The average Bonchev–Trinajstić information content (AvgIpc) is 2.42. The Kier molecular flexibility index (Phi) is 1.54. The number of hydrogen-bond acceptors (Lipinski definition) is 3. The molecule has 2 aromatic heterocycles. The highest BCUT2D eigenvalue weighted by Crippen LogP contribution is 2.23. The van der Waals surface area contributed by atoms with Crippen LogP contribution in [0.5, 0.6) is 0 Å². The second-order valence-corrected chi connectivity index (χ2v) is 3.28. The highest BCUT2D eigenvalue weighted by Gasteiger charge is 2.09. The number of nitrogens with one attached hydrogen (secondary N) is 1. The molecule has 0 aromatic carbocycles. The van der Waals surface area contributed by atoms with Crippen LogP contribution in [0.15, 0.2) is 19.9 Å². The normalized spacial score (nSPS) is 10.8. The van der Waals surface area contributed by atoms with Crippen LogP contribution in [0.2, 0.25) is 0 Å². The first kappa shape index (κ1) is 7.54. The minimum Gasteiger partial charge on any atom is -0.461 e. The van der Waals surface area contributed by atoms with Crippen molar-refractivity contribution in [1.82, 2.24) is 10.2 Å². The van der Waals surface area contributed by atoms with Gasteiger partial charge in [-0.1, -0.05) is 0 Å². The van der Waals surface area contributed by atoms with Crippen molar-refractivity contribution in [3.05, 3.63) is 26.8 Å². The van der Waals surface area contributed by atoms with Crippen LogP contribution in [-0.4, -0.2) is 10.2 Å². The molecule has 5 heteroatoms. The molecule has 0 atom stereocenters. The van der Waals surface area contributed by atoms with E-state index in [2.05, 4.69) is 26.1 Å². The Bertz CT molecular complexity index is 486. The number of aromatic nitrogens is 2. The third-order valence-electron chi connectivity index (χ3n) is 1.63. The van der Waals surface area contributed by atoms with E-state index in [1.54, 1.807) is 6.92 Å². The van der Waals surface area contributed by atoms with Gasteiger partial charge in [0.2, 0.25) is 0 Å². The van der Waals surface area contributed by atoms with Crippen LogP contribution >= 0.6 is 15.9 Å². The Morgan fingerprint density at radius 2 is 2.42 bits per heavy atom. The monoisotopic (exact) mass is 228 g/mol. The number of aryl methyl sites for hydroxylation is 1. The summed E-state index contributed by atoms with van der Waals surface area (Å²) in [5.41, 5.74) is 0.970. The van der Waals surface area contributed by atoms with E-state index in [9.17, 15) is 4.79 Å². The van der Waals surface area contributed by atoms with Gasteiger partial charge in [0.05, 0.1) is 4.47 Å². The Morgan fingerprint density at radius 1 is 1.67 bits per heavy atom. The Hall–Kier alpha value is -1.10. The smallest absolute Gasteiger partial charge is 0.276 e. The molecule has 0 fully saturated rings. The van der Waals surface area contributed by atoms with E-state index in [1.807, 2.05) is 0 Å². The summed E-state index contributed by atoms with van der Waals surface area (Å²) in [6, 6.07) is 0. The van der Waals surface area contributed by atoms with E-state index < -0.39 is 0 Å². The lowest BCUT2D eigenvalue weighted by Gasteiger charge is -1.90. The van der Waals surface area contributed by atoms with Crippen LogP contribution in [0.3, 0.4) is 0 Å². The number of hydrogen-bond donors (Lipinski definition) is 1. The lowest BCUT2D eigenvalue weighted by atomic mass is 10.3. The second kappa shape index (κ2) is 2.45. The van der Waals surface area contributed by atoms with Crippen molar-refractivity contribution in [2.24, 2.45) is 0 Å². The fraction of sp³-hybridized carbons (Fsp3) is 0.143. The molecule has 0 aliphatic heterocycles. The van der Waals surface area contributed by atoms with Crippen molar-refractivity contribution in [3.63, 3.8) is 0 Å². The number of halogens is 1.